The highest BCUT2D eigenvalue weighted by atomic mass is 19.1. The molecule has 1 aromatic rings. The molecule has 1 fully saturated rings. The molecule has 1 saturated heterocycles. The summed E-state index contributed by atoms with van der Waals surface area (Å²) < 4.78 is 13.2. The van der Waals surface area contributed by atoms with Crippen molar-refractivity contribution in [1.29, 1.82) is 0 Å². The number of carbonyl (C=O) groups excluding carboxylic acids is 1. The van der Waals surface area contributed by atoms with Crippen molar-refractivity contribution in [1.82, 2.24) is 4.90 Å². The minimum Gasteiger partial charge on any atom is -0.368 e. The van der Waals surface area contributed by atoms with Gasteiger partial charge in [0.2, 0.25) is 5.91 Å². The topological polar surface area (TPSA) is 23.6 Å². The van der Waals surface area contributed by atoms with Crippen LogP contribution in [0, 0.1) is 5.82 Å². The third-order valence-electron chi connectivity index (χ3n) is 3.26. The predicted molar refractivity (Wildman–Crippen MR) is 70.0 cm³/mol. The molecule has 0 N–H and O–H groups in total. The van der Waals surface area contributed by atoms with Crippen molar-refractivity contribution < 1.29 is 9.18 Å². The van der Waals surface area contributed by atoms with Crippen LogP contribution in [0.2, 0.25) is 0 Å². The van der Waals surface area contributed by atoms with E-state index in [1.807, 2.05) is 13.0 Å². The third kappa shape index (κ3) is 2.53. The summed E-state index contributed by atoms with van der Waals surface area (Å²) in [6.45, 7) is 7.57. The average Bonchev–Trinajstić information content (AvgIpc) is 2.37. The van der Waals surface area contributed by atoms with Gasteiger partial charge in [0.25, 0.3) is 0 Å². The van der Waals surface area contributed by atoms with Crippen LogP contribution in [-0.2, 0) is 4.79 Å². The molecule has 0 spiro atoms. The summed E-state index contributed by atoms with van der Waals surface area (Å²) in [4.78, 5) is 15.5. The van der Waals surface area contributed by atoms with Crippen molar-refractivity contribution in [3.05, 3.63) is 42.7 Å². The Morgan fingerprint density at radius 3 is 2.89 bits per heavy atom. The van der Waals surface area contributed by atoms with E-state index in [9.17, 15) is 9.18 Å². The lowest BCUT2D eigenvalue weighted by atomic mass is 10.1. The van der Waals surface area contributed by atoms with Gasteiger partial charge in [0.05, 0.1) is 0 Å². The summed E-state index contributed by atoms with van der Waals surface area (Å²) in [6.07, 6.45) is 1.34. The molecule has 0 aliphatic carbocycles. The van der Waals surface area contributed by atoms with Crippen LogP contribution in [0.4, 0.5) is 10.1 Å². The lowest BCUT2D eigenvalue weighted by Crippen LogP contribution is -2.53. The number of benzene rings is 1. The van der Waals surface area contributed by atoms with Crippen molar-refractivity contribution in [2.75, 3.05) is 24.5 Å². The predicted octanol–water partition coefficient (Wildman–Crippen LogP) is 2.05. The summed E-state index contributed by atoms with van der Waals surface area (Å²) in [5, 5.41) is 0. The first-order valence-corrected chi connectivity index (χ1v) is 6.05. The van der Waals surface area contributed by atoms with Crippen LogP contribution in [0.3, 0.4) is 0 Å². The highest BCUT2D eigenvalue weighted by molar-refractivity contribution is 5.87. The molecule has 1 amide bonds. The summed E-state index contributed by atoms with van der Waals surface area (Å²) in [6, 6.07) is 6.66. The molecule has 1 aliphatic rings. The fraction of sp³-hybridized carbons (Fsp3) is 0.357. The monoisotopic (exact) mass is 248 g/mol. The number of piperazine rings is 1. The number of hydrogen-bond acceptors (Lipinski definition) is 2. The first kappa shape index (κ1) is 12.6. The smallest absolute Gasteiger partial charge is 0.246 e. The van der Waals surface area contributed by atoms with Crippen LogP contribution in [0.15, 0.2) is 36.9 Å². The van der Waals surface area contributed by atoms with Crippen LogP contribution >= 0.6 is 0 Å². The van der Waals surface area contributed by atoms with E-state index in [0.717, 1.165) is 5.69 Å². The highest BCUT2D eigenvalue weighted by Gasteiger charge is 2.26. The maximum Gasteiger partial charge on any atom is 0.246 e. The number of amides is 1. The second-order valence-electron chi connectivity index (χ2n) is 4.51. The van der Waals surface area contributed by atoms with Gasteiger partial charge in [-0.05, 0) is 31.2 Å². The molecular formula is C14H17FN2O. The van der Waals surface area contributed by atoms with E-state index in [1.54, 1.807) is 11.0 Å². The SMILES string of the molecule is C=CC(=O)N1CCN(c2cccc(F)c2)CC1C. The first-order valence-electron chi connectivity index (χ1n) is 6.05. The lowest BCUT2D eigenvalue weighted by molar-refractivity contribution is -0.128. The van der Waals surface area contributed by atoms with Crippen LogP contribution in [0.5, 0.6) is 0 Å². The van der Waals surface area contributed by atoms with E-state index in [1.165, 1.54) is 18.2 Å². The molecule has 18 heavy (non-hydrogen) atoms. The second kappa shape index (κ2) is 5.21. The molecule has 96 valence electrons. The largest absolute Gasteiger partial charge is 0.368 e. The molecule has 0 saturated carbocycles. The van der Waals surface area contributed by atoms with Gasteiger partial charge in [-0.1, -0.05) is 12.6 Å². The fourth-order valence-corrected chi connectivity index (χ4v) is 2.31. The van der Waals surface area contributed by atoms with Gasteiger partial charge < -0.3 is 9.80 Å². The molecule has 0 bridgehead atoms. The summed E-state index contributed by atoms with van der Waals surface area (Å²) in [5.74, 6) is -0.272. The first-order chi connectivity index (χ1) is 8.61. The van der Waals surface area contributed by atoms with E-state index >= 15 is 0 Å². The van der Waals surface area contributed by atoms with Crippen molar-refractivity contribution in [3.8, 4) is 0 Å². The molecule has 3 nitrogen and oxygen atoms in total. The van der Waals surface area contributed by atoms with Crippen LogP contribution in [0.1, 0.15) is 6.92 Å². The third-order valence-corrected chi connectivity index (χ3v) is 3.26. The summed E-state index contributed by atoms with van der Waals surface area (Å²) in [7, 11) is 0. The molecule has 1 aliphatic heterocycles. The lowest BCUT2D eigenvalue weighted by Gasteiger charge is -2.40. The Labute approximate surface area is 107 Å². The van der Waals surface area contributed by atoms with Crippen molar-refractivity contribution in [2.45, 2.75) is 13.0 Å². The van der Waals surface area contributed by atoms with Crippen LogP contribution < -0.4 is 4.90 Å². The van der Waals surface area contributed by atoms with Crippen LogP contribution in [-0.4, -0.2) is 36.5 Å². The Bertz CT molecular complexity index is 461. The summed E-state index contributed by atoms with van der Waals surface area (Å²) in [5.41, 5.74) is 0.868. The van der Waals surface area contributed by atoms with Crippen molar-refractivity contribution >= 4 is 11.6 Å². The van der Waals surface area contributed by atoms with Gasteiger partial charge in [0.15, 0.2) is 0 Å². The van der Waals surface area contributed by atoms with Gasteiger partial charge in [0.1, 0.15) is 5.82 Å². The maximum absolute atomic E-state index is 13.2. The van der Waals surface area contributed by atoms with Crippen molar-refractivity contribution in [2.24, 2.45) is 0 Å². The number of nitrogens with zero attached hydrogens (tertiary/aromatic N) is 2. The molecular weight excluding hydrogens is 231 g/mol. The molecule has 2 rings (SSSR count). The van der Waals surface area contributed by atoms with Gasteiger partial charge in [-0.25, -0.2) is 4.39 Å². The van der Waals surface area contributed by atoms with E-state index < -0.39 is 0 Å². The molecule has 4 heteroatoms. The molecule has 1 atom stereocenters. The summed E-state index contributed by atoms with van der Waals surface area (Å²) >= 11 is 0. The molecule has 0 aromatic heterocycles. The minimum absolute atomic E-state index is 0.0404. The second-order valence-corrected chi connectivity index (χ2v) is 4.51. The fourth-order valence-electron chi connectivity index (χ4n) is 2.31. The Morgan fingerprint density at radius 1 is 1.50 bits per heavy atom. The average molecular weight is 248 g/mol. The zero-order chi connectivity index (χ0) is 13.1. The molecule has 1 aromatic carbocycles. The van der Waals surface area contributed by atoms with Gasteiger partial charge in [-0.15, -0.1) is 0 Å². The van der Waals surface area contributed by atoms with E-state index in [-0.39, 0.29) is 17.8 Å². The number of rotatable bonds is 2. The zero-order valence-electron chi connectivity index (χ0n) is 10.5. The van der Waals surface area contributed by atoms with E-state index in [0.29, 0.717) is 19.6 Å². The molecule has 0 radical (unpaired) electrons. The van der Waals surface area contributed by atoms with Gasteiger partial charge in [-0.2, -0.15) is 0 Å². The van der Waals surface area contributed by atoms with Gasteiger partial charge in [0, 0.05) is 31.4 Å². The van der Waals surface area contributed by atoms with Crippen LogP contribution in [0.25, 0.3) is 0 Å². The van der Waals surface area contributed by atoms with Gasteiger partial charge >= 0.3 is 0 Å². The Morgan fingerprint density at radius 2 is 2.28 bits per heavy atom. The highest BCUT2D eigenvalue weighted by Crippen LogP contribution is 2.20. The number of anilines is 1. The zero-order valence-corrected chi connectivity index (χ0v) is 10.5. The number of carbonyl (C=O) groups is 1. The maximum atomic E-state index is 13.2. The van der Waals surface area contributed by atoms with E-state index in [2.05, 4.69) is 11.5 Å². The Balaban J connectivity index is 2.08. The van der Waals surface area contributed by atoms with Gasteiger partial charge in [-0.3, -0.25) is 4.79 Å². The molecule has 1 unspecified atom stereocenters. The number of halogens is 1. The number of hydrogen-bond donors (Lipinski definition) is 0. The Kier molecular flexibility index (Phi) is 3.65. The Hall–Kier alpha value is -1.84. The van der Waals surface area contributed by atoms with Crippen molar-refractivity contribution in [3.63, 3.8) is 0 Å². The van der Waals surface area contributed by atoms with E-state index in [4.69, 9.17) is 0 Å². The molecule has 1 heterocycles. The normalized spacial score (nSPS) is 19.8. The standard InChI is InChI=1S/C14H17FN2O/c1-3-14(18)17-8-7-16(10-11(17)2)13-6-4-5-12(15)9-13/h3-6,9,11H,1,7-8,10H2,2H3. The minimum atomic E-state index is -0.232. The quantitative estimate of drug-likeness (QED) is 0.748.